The van der Waals surface area contributed by atoms with Crippen LogP contribution in [0.2, 0.25) is 0 Å². The Bertz CT molecular complexity index is 483. The van der Waals surface area contributed by atoms with Crippen LogP contribution >= 0.6 is 0 Å². The van der Waals surface area contributed by atoms with Gasteiger partial charge in [0.25, 0.3) is 0 Å². The summed E-state index contributed by atoms with van der Waals surface area (Å²) in [5, 5.41) is 0. The van der Waals surface area contributed by atoms with Gasteiger partial charge in [-0.15, -0.1) is 0 Å². The predicted molar refractivity (Wildman–Crippen MR) is 77.3 cm³/mol. The zero-order valence-electron chi connectivity index (χ0n) is 11.8. The zero-order chi connectivity index (χ0) is 13.4. The molecule has 0 saturated carbocycles. The Labute approximate surface area is 115 Å². The third-order valence-corrected chi connectivity index (χ3v) is 4.26. The third-order valence-electron chi connectivity index (χ3n) is 4.26. The van der Waals surface area contributed by atoms with E-state index in [9.17, 15) is 4.79 Å². The third kappa shape index (κ3) is 2.22. The van der Waals surface area contributed by atoms with Gasteiger partial charge < -0.3 is 9.80 Å². The summed E-state index contributed by atoms with van der Waals surface area (Å²) in [4.78, 5) is 16.8. The Balaban J connectivity index is 1.80. The Kier molecular flexibility index (Phi) is 3.21. The lowest BCUT2D eigenvalue weighted by atomic mass is 10.1. The number of anilines is 1. The van der Waals surface area contributed by atoms with E-state index in [4.69, 9.17) is 0 Å². The summed E-state index contributed by atoms with van der Waals surface area (Å²) in [7, 11) is 0. The van der Waals surface area contributed by atoms with Crippen molar-refractivity contribution >= 4 is 11.6 Å². The molecular formula is C16H22N2O. The van der Waals surface area contributed by atoms with Crippen LogP contribution in [0.1, 0.15) is 25.8 Å². The minimum atomic E-state index is 0.107. The second kappa shape index (κ2) is 4.87. The molecule has 102 valence electrons. The summed E-state index contributed by atoms with van der Waals surface area (Å²) in [6.45, 7) is 6.85. The second-order valence-corrected chi connectivity index (χ2v) is 5.97. The molecule has 2 aliphatic rings. The molecule has 0 aromatic heterocycles. The normalized spacial score (nSPS) is 22.2. The van der Waals surface area contributed by atoms with E-state index in [-0.39, 0.29) is 5.92 Å². The number of benzene rings is 1. The fourth-order valence-corrected chi connectivity index (χ4v) is 3.33. The molecule has 0 N–H and O–H groups in total. The van der Waals surface area contributed by atoms with Gasteiger partial charge in [-0.1, -0.05) is 32.0 Å². The molecule has 0 aliphatic carbocycles. The van der Waals surface area contributed by atoms with Crippen LogP contribution in [0.15, 0.2) is 24.3 Å². The van der Waals surface area contributed by atoms with Crippen molar-refractivity contribution in [3.05, 3.63) is 29.8 Å². The monoisotopic (exact) mass is 258 g/mol. The maximum Gasteiger partial charge on any atom is 0.225 e. The van der Waals surface area contributed by atoms with E-state index in [1.165, 1.54) is 11.3 Å². The summed E-state index contributed by atoms with van der Waals surface area (Å²) >= 11 is 0. The number of carbonyl (C=O) groups excluding carboxylic acids is 1. The summed E-state index contributed by atoms with van der Waals surface area (Å²) in [6.07, 6.45) is 2.15. The van der Waals surface area contributed by atoms with Gasteiger partial charge in [0.05, 0.1) is 6.04 Å². The predicted octanol–water partition coefficient (Wildman–Crippen LogP) is 2.31. The highest BCUT2D eigenvalue weighted by atomic mass is 16.2. The standard InChI is InChI=1S/C16H22N2O/c1-12(2)16(19)17-8-5-9-18-14(11-17)10-13-6-3-4-7-15(13)18/h3-4,6-7,12,14H,5,8-11H2,1-2H3. The number of nitrogens with zero attached hydrogens (tertiary/aromatic N) is 2. The van der Waals surface area contributed by atoms with E-state index in [0.29, 0.717) is 11.9 Å². The zero-order valence-corrected chi connectivity index (χ0v) is 11.8. The SMILES string of the molecule is CC(C)C(=O)N1CCCN2c3ccccc3CC2C1. The first-order chi connectivity index (χ1) is 9.16. The van der Waals surface area contributed by atoms with Gasteiger partial charge in [-0.3, -0.25) is 4.79 Å². The van der Waals surface area contributed by atoms with Gasteiger partial charge in [0.1, 0.15) is 0 Å². The van der Waals surface area contributed by atoms with Crippen LogP contribution in [0, 0.1) is 5.92 Å². The van der Waals surface area contributed by atoms with Gasteiger partial charge >= 0.3 is 0 Å². The summed E-state index contributed by atoms with van der Waals surface area (Å²) in [6, 6.07) is 9.14. The van der Waals surface area contributed by atoms with Crippen LogP contribution in [0.3, 0.4) is 0 Å². The van der Waals surface area contributed by atoms with Crippen molar-refractivity contribution in [1.29, 1.82) is 0 Å². The number of hydrogen-bond donors (Lipinski definition) is 0. The number of amides is 1. The topological polar surface area (TPSA) is 23.6 Å². The van der Waals surface area contributed by atoms with Crippen molar-refractivity contribution in [2.75, 3.05) is 24.5 Å². The van der Waals surface area contributed by atoms with Gasteiger partial charge in [-0.2, -0.15) is 0 Å². The molecule has 2 heterocycles. The summed E-state index contributed by atoms with van der Waals surface area (Å²) in [5.41, 5.74) is 2.82. The fraction of sp³-hybridized carbons (Fsp3) is 0.562. The molecule has 3 nitrogen and oxygen atoms in total. The van der Waals surface area contributed by atoms with Gasteiger partial charge in [-0.25, -0.2) is 0 Å². The van der Waals surface area contributed by atoms with Crippen LogP contribution in [-0.4, -0.2) is 36.5 Å². The molecule has 1 amide bonds. The minimum absolute atomic E-state index is 0.107. The number of para-hydroxylation sites is 1. The molecule has 0 spiro atoms. The van der Waals surface area contributed by atoms with E-state index in [1.54, 1.807) is 0 Å². The molecule has 1 atom stereocenters. The molecule has 1 unspecified atom stereocenters. The maximum atomic E-state index is 12.2. The molecule has 1 fully saturated rings. The molecule has 1 saturated heterocycles. The smallest absolute Gasteiger partial charge is 0.225 e. The lowest BCUT2D eigenvalue weighted by molar-refractivity contribution is -0.134. The molecule has 3 rings (SSSR count). The quantitative estimate of drug-likeness (QED) is 0.771. The lowest BCUT2D eigenvalue weighted by Gasteiger charge is -2.28. The highest BCUT2D eigenvalue weighted by Crippen LogP contribution is 2.33. The van der Waals surface area contributed by atoms with E-state index in [2.05, 4.69) is 34.1 Å². The van der Waals surface area contributed by atoms with Crippen molar-refractivity contribution in [2.24, 2.45) is 5.92 Å². The molecule has 1 aromatic rings. The van der Waals surface area contributed by atoms with Crippen LogP contribution in [0.5, 0.6) is 0 Å². The molecule has 0 bridgehead atoms. The maximum absolute atomic E-state index is 12.2. The molecule has 0 radical (unpaired) electrons. The largest absolute Gasteiger partial charge is 0.366 e. The number of fused-ring (bicyclic) bond motifs is 3. The molecule has 3 heteroatoms. The van der Waals surface area contributed by atoms with E-state index >= 15 is 0 Å². The molecule has 1 aromatic carbocycles. The van der Waals surface area contributed by atoms with Crippen LogP contribution in [0.25, 0.3) is 0 Å². The van der Waals surface area contributed by atoms with Crippen molar-refractivity contribution < 1.29 is 4.79 Å². The van der Waals surface area contributed by atoms with Crippen LogP contribution in [-0.2, 0) is 11.2 Å². The van der Waals surface area contributed by atoms with Gasteiger partial charge in [0, 0.05) is 31.2 Å². The van der Waals surface area contributed by atoms with E-state index < -0.39 is 0 Å². The Morgan fingerprint density at radius 2 is 2.05 bits per heavy atom. The lowest BCUT2D eigenvalue weighted by Crippen LogP contribution is -2.42. The minimum Gasteiger partial charge on any atom is -0.366 e. The van der Waals surface area contributed by atoms with E-state index in [1.807, 2.05) is 13.8 Å². The molecule has 2 aliphatic heterocycles. The summed E-state index contributed by atoms with van der Waals surface area (Å²) < 4.78 is 0. The highest BCUT2D eigenvalue weighted by Gasteiger charge is 2.33. The average molecular weight is 258 g/mol. The number of rotatable bonds is 1. The van der Waals surface area contributed by atoms with Gasteiger partial charge in [0.15, 0.2) is 0 Å². The van der Waals surface area contributed by atoms with Crippen molar-refractivity contribution in [3.63, 3.8) is 0 Å². The van der Waals surface area contributed by atoms with Crippen molar-refractivity contribution in [3.8, 4) is 0 Å². The Morgan fingerprint density at radius 1 is 1.26 bits per heavy atom. The number of carbonyl (C=O) groups is 1. The van der Waals surface area contributed by atoms with Gasteiger partial charge in [0.2, 0.25) is 5.91 Å². The average Bonchev–Trinajstić information content (AvgIpc) is 2.61. The highest BCUT2D eigenvalue weighted by molar-refractivity contribution is 5.78. The first-order valence-corrected chi connectivity index (χ1v) is 7.30. The Hall–Kier alpha value is -1.51. The van der Waals surface area contributed by atoms with Crippen LogP contribution < -0.4 is 4.90 Å². The van der Waals surface area contributed by atoms with Gasteiger partial charge in [-0.05, 0) is 24.5 Å². The van der Waals surface area contributed by atoms with Crippen LogP contribution in [0.4, 0.5) is 5.69 Å². The molecule has 19 heavy (non-hydrogen) atoms. The summed E-state index contributed by atoms with van der Waals surface area (Å²) in [5.74, 6) is 0.410. The first kappa shape index (κ1) is 12.5. The van der Waals surface area contributed by atoms with Crippen molar-refractivity contribution in [1.82, 2.24) is 4.90 Å². The van der Waals surface area contributed by atoms with E-state index in [0.717, 1.165) is 32.5 Å². The first-order valence-electron chi connectivity index (χ1n) is 7.30. The van der Waals surface area contributed by atoms with Crippen molar-refractivity contribution in [2.45, 2.75) is 32.7 Å². The second-order valence-electron chi connectivity index (χ2n) is 5.97. The fourth-order valence-electron chi connectivity index (χ4n) is 3.33. The Morgan fingerprint density at radius 3 is 2.84 bits per heavy atom. The number of hydrogen-bond acceptors (Lipinski definition) is 2. The molecular weight excluding hydrogens is 236 g/mol.